The van der Waals surface area contributed by atoms with Crippen molar-refractivity contribution >= 4 is 11.8 Å². The van der Waals surface area contributed by atoms with Crippen molar-refractivity contribution in [2.75, 3.05) is 13.1 Å². The van der Waals surface area contributed by atoms with E-state index in [9.17, 15) is 14.7 Å². The largest absolute Gasteiger partial charge is 0.376 e. The molecular weight excluding hydrogens is 342 g/mol. The van der Waals surface area contributed by atoms with E-state index in [1.807, 2.05) is 6.92 Å². The maximum atomic E-state index is 12.6. The zero-order chi connectivity index (χ0) is 20.5. The highest BCUT2D eigenvalue weighted by atomic mass is 16.3. The summed E-state index contributed by atoms with van der Waals surface area (Å²) in [5.74, 6) is -0.0752. The molecule has 3 unspecified atom stereocenters. The Bertz CT molecular complexity index is 391. The van der Waals surface area contributed by atoms with Crippen LogP contribution in [0.3, 0.4) is 0 Å². The molecule has 0 saturated carbocycles. The van der Waals surface area contributed by atoms with Gasteiger partial charge >= 0.3 is 0 Å². The molecular formula is C21H43N3O3. The van der Waals surface area contributed by atoms with Crippen molar-refractivity contribution < 1.29 is 14.7 Å². The molecule has 0 aromatic rings. The molecule has 0 heterocycles. The average Bonchev–Trinajstić information content (AvgIpc) is 2.65. The summed E-state index contributed by atoms with van der Waals surface area (Å²) in [6.07, 6.45) is 7.61. The van der Waals surface area contributed by atoms with Crippen LogP contribution in [0.5, 0.6) is 0 Å². The second-order valence-corrected chi connectivity index (χ2v) is 7.36. The number of rotatable bonds is 17. The molecule has 0 rings (SSSR count). The van der Waals surface area contributed by atoms with Crippen molar-refractivity contribution in [3.05, 3.63) is 0 Å². The van der Waals surface area contributed by atoms with Crippen LogP contribution >= 0.6 is 0 Å². The number of carbonyl (C=O) groups is 2. The smallest absolute Gasteiger partial charge is 0.223 e. The summed E-state index contributed by atoms with van der Waals surface area (Å²) >= 11 is 0. The lowest BCUT2D eigenvalue weighted by molar-refractivity contribution is -0.128. The van der Waals surface area contributed by atoms with Gasteiger partial charge in [-0.2, -0.15) is 0 Å². The Morgan fingerprint density at radius 2 is 1.52 bits per heavy atom. The van der Waals surface area contributed by atoms with Crippen LogP contribution in [0, 0.1) is 5.92 Å². The normalized spacial score (nSPS) is 14.4. The van der Waals surface area contributed by atoms with Crippen molar-refractivity contribution in [1.82, 2.24) is 16.0 Å². The van der Waals surface area contributed by atoms with Crippen LogP contribution in [0.4, 0.5) is 0 Å². The summed E-state index contributed by atoms with van der Waals surface area (Å²) in [5, 5.41) is 19.4. The number of carbonyl (C=O) groups excluding carboxylic acids is 2. The molecule has 0 spiro atoms. The monoisotopic (exact) mass is 385 g/mol. The standard InChI is InChI=1S/C21H43N3O3/c1-5-9-12-17(8-4)20(26)24-18(21(27)23-16-11-7-3)13-14-19(25)22-15-10-6-2/h17-18,21,23,27H,5-16H2,1-4H3,(H,22,25)(H,24,26). The van der Waals surface area contributed by atoms with Crippen molar-refractivity contribution in [3.63, 3.8) is 0 Å². The third kappa shape index (κ3) is 12.8. The molecule has 0 fully saturated rings. The predicted molar refractivity (Wildman–Crippen MR) is 111 cm³/mol. The Morgan fingerprint density at radius 1 is 0.889 bits per heavy atom. The number of hydrogen-bond acceptors (Lipinski definition) is 4. The molecule has 3 atom stereocenters. The molecule has 0 aliphatic rings. The summed E-state index contributed by atoms with van der Waals surface area (Å²) < 4.78 is 0. The van der Waals surface area contributed by atoms with Crippen molar-refractivity contribution in [2.24, 2.45) is 5.92 Å². The van der Waals surface area contributed by atoms with Gasteiger partial charge in [0.1, 0.15) is 6.23 Å². The number of aliphatic hydroxyl groups is 1. The van der Waals surface area contributed by atoms with E-state index in [4.69, 9.17) is 0 Å². The van der Waals surface area contributed by atoms with Crippen LogP contribution < -0.4 is 16.0 Å². The number of unbranched alkanes of at least 4 members (excludes halogenated alkanes) is 3. The minimum atomic E-state index is -0.840. The number of hydrogen-bond donors (Lipinski definition) is 4. The lowest BCUT2D eigenvalue weighted by Crippen LogP contribution is -2.52. The summed E-state index contributed by atoms with van der Waals surface area (Å²) in [6.45, 7) is 9.68. The average molecular weight is 386 g/mol. The first-order valence-electron chi connectivity index (χ1n) is 11.0. The van der Waals surface area contributed by atoms with E-state index < -0.39 is 12.3 Å². The highest BCUT2D eigenvalue weighted by molar-refractivity contribution is 5.79. The highest BCUT2D eigenvalue weighted by Gasteiger charge is 2.25. The molecule has 6 heteroatoms. The van der Waals surface area contributed by atoms with Gasteiger partial charge in [0.05, 0.1) is 6.04 Å². The number of nitrogens with one attached hydrogen (secondary N) is 3. The second-order valence-electron chi connectivity index (χ2n) is 7.36. The summed E-state index contributed by atoms with van der Waals surface area (Å²) in [7, 11) is 0. The van der Waals surface area contributed by atoms with Gasteiger partial charge < -0.3 is 15.7 Å². The van der Waals surface area contributed by atoms with E-state index in [-0.39, 0.29) is 17.7 Å². The van der Waals surface area contributed by atoms with Gasteiger partial charge in [-0.05, 0) is 38.6 Å². The van der Waals surface area contributed by atoms with Gasteiger partial charge in [0.15, 0.2) is 0 Å². The van der Waals surface area contributed by atoms with Crippen molar-refractivity contribution in [3.8, 4) is 0 Å². The maximum absolute atomic E-state index is 12.6. The van der Waals surface area contributed by atoms with Gasteiger partial charge in [0.25, 0.3) is 0 Å². The topological polar surface area (TPSA) is 90.5 Å². The fourth-order valence-electron chi connectivity index (χ4n) is 2.93. The molecule has 0 radical (unpaired) electrons. The van der Waals surface area contributed by atoms with Crippen LogP contribution in [0.2, 0.25) is 0 Å². The Kier molecular flexibility index (Phi) is 16.3. The Hall–Kier alpha value is -1.14. The molecule has 0 saturated heterocycles. The van der Waals surface area contributed by atoms with E-state index in [1.165, 1.54) is 0 Å². The summed E-state index contributed by atoms with van der Waals surface area (Å²) in [6, 6.07) is -0.457. The molecule has 4 N–H and O–H groups in total. The van der Waals surface area contributed by atoms with E-state index in [0.29, 0.717) is 25.9 Å². The third-order valence-corrected chi connectivity index (χ3v) is 4.90. The third-order valence-electron chi connectivity index (χ3n) is 4.90. The molecule has 0 aliphatic carbocycles. The first-order chi connectivity index (χ1) is 13.0. The van der Waals surface area contributed by atoms with Crippen LogP contribution in [0.1, 0.15) is 91.9 Å². The van der Waals surface area contributed by atoms with E-state index >= 15 is 0 Å². The number of amides is 2. The van der Waals surface area contributed by atoms with Gasteiger partial charge in [-0.1, -0.05) is 53.4 Å². The zero-order valence-corrected chi connectivity index (χ0v) is 18.0. The van der Waals surface area contributed by atoms with Crippen LogP contribution in [0.25, 0.3) is 0 Å². The van der Waals surface area contributed by atoms with Gasteiger partial charge in [0.2, 0.25) is 11.8 Å². The molecule has 160 valence electrons. The predicted octanol–water partition coefficient (Wildman–Crippen LogP) is 3.09. The van der Waals surface area contributed by atoms with E-state index in [1.54, 1.807) is 0 Å². The van der Waals surface area contributed by atoms with Crippen LogP contribution in [-0.2, 0) is 9.59 Å². The molecule has 27 heavy (non-hydrogen) atoms. The van der Waals surface area contributed by atoms with E-state index in [2.05, 4.69) is 36.7 Å². The van der Waals surface area contributed by atoms with Gasteiger partial charge in [0, 0.05) is 18.9 Å². The van der Waals surface area contributed by atoms with Crippen LogP contribution in [0.15, 0.2) is 0 Å². The molecule has 2 amide bonds. The SMILES string of the molecule is CCCCNC(=O)CCC(NC(=O)C(CC)CCCC)C(O)NCCCC. The minimum absolute atomic E-state index is 0.0151. The molecule has 6 nitrogen and oxygen atoms in total. The highest BCUT2D eigenvalue weighted by Crippen LogP contribution is 2.14. The second kappa shape index (κ2) is 17.0. The fraction of sp³-hybridized carbons (Fsp3) is 0.905. The maximum Gasteiger partial charge on any atom is 0.223 e. The van der Waals surface area contributed by atoms with Crippen molar-refractivity contribution in [1.29, 1.82) is 0 Å². The quantitative estimate of drug-likeness (QED) is 0.229. The minimum Gasteiger partial charge on any atom is -0.376 e. The fourth-order valence-corrected chi connectivity index (χ4v) is 2.93. The molecule has 0 aromatic carbocycles. The van der Waals surface area contributed by atoms with Crippen LogP contribution in [-0.4, -0.2) is 42.3 Å². The van der Waals surface area contributed by atoms with E-state index in [0.717, 1.165) is 51.4 Å². The Balaban J connectivity index is 4.70. The lowest BCUT2D eigenvalue weighted by atomic mass is 9.97. The first kappa shape index (κ1) is 25.9. The van der Waals surface area contributed by atoms with Gasteiger partial charge in [-0.25, -0.2) is 0 Å². The van der Waals surface area contributed by atoms with Gasteiger partial charge in [-0.15, -0.1) is 0 Å². The van der Waals surface area contributed by atoms with Crippen molar-refractivity contribution in [2.45, 2.75) is 104 Å². The Labute approximate surface area is 166 Å². The first-order valence-corrected chi connectivity index (χ1v) is 11.0. The summed E-state index contributed by atoms with van der Waals surface area (Å²) in [5.41, 5.74) is 0. The van der Waals surface area contributed by atoms with Gasteiger partial charge in [-0.3, -0.25) is 14.9 Å². The molecule has 0 aliphatic heterocycles. The lowest BCUT2D eigenvalue weighted by Gasteiger charge is -2.27. The summed E-state index contributed by atoms with van der Waals surface area (Å²) in [4.78, 5) is 24.6. The molecule has 0 aromatic heterocycles. The molecule has 0 bridgehead atoms. The zero-order valence-electron chi connectivity index (χ0n) is 18.0. The Morgan fingerprint density at radius 3 is 2.11 bits per heavy atom. The number of aliphatic hydroxyl groups excluding tert-OH is 1.